The van der Waals surface area contributed by atoms with Gasteiger partial charge < -0.3 is 14.7 Å². The fraction of sp³-hybridized carbons (Fsp3) is 0.600. The molecule has 1 aromatic carbocycles. The maximum absolute atomic E-state index is 12.9. The largest absolute Gasteiger partial charge is 0.497 e. The molecule has 1 aromatic rings. The third-order valence-corrected chi connectivity index (χ3v) is 6.03. The highest BCUT2D eigenvalue weighted by atomic mass is 16.5. The normalized spacial score (nSPS) is 21.2. The number of methoxy groups -OCH3 is 1. The third kappa shape index (κ3) is 3.53. The number of imide groups is 1. The Hall–Kier alpha value is -2.12. The van der Waals surface area contributed by atoms with Crippen molar-refractivity contribution < 1.29 is 19.4 Å². The van der Waals surface area contributed by atoms with Gasteiger partial charge in [-0.25, -0.2) is 4.79 Å². The average Bonchev–Trinajstić information content (AvgIpc) is 2.88. The molecule has 0 radical (unpaired) electrons. The molecule has 7 heteroatoms. The van der Waals surface area contributed by atoms with E-state index in [9.17, 15) is 14.7 Å². The monoisotopic (exact) mass is 375 g/mol. The summed E-state index contributed by atoms with van der Waals surface area (Å²) in [5.41, 5.74) is 0.358. The lowest BCUT2D eigenvalue weighted by molar-refractivity contribution is -0.135. The average molecular weight is 375 g/mol. The Labute approximate surface area is 160 Å². The molecule has 2 aliphatic heterocycles. The molecular formula is C20H29N3O4. The molecule has 1 N–H and O–H groups in total. The lowest BCUT2D eigenvalue weighted by Gasteiger charge is -2.43. The molecule has 0 saturated carbocycles. The maximum Gasteiger partial charge on any atom is 0.327 e. The van der Waals surface area contributed by atoms with Gasteiger partial charge in [-0.3, -0.25) is 14.6 Å². The number of hydrogen-bond donors (Lipinski definition) is 1. The van der Waals surface area contributed by atoms with Crippen molar-refractivity contribution in [3.8, 4) is 5.75 Å². The summed E-state index contributed by atoms with van der Waals surface area (Å²) in [6.45, 7) is 3.99. The molecule has 0 unspecified atom stereocenters. The number of likely N-dealkylation sites (N-methyl/N-ethyl adjacent to an activating group) is 1. The van der Waals surface area contributed by atoms with Crippen LogP contribution in [-0.2, 0) is 11.2 Å². The molecule has 3 rings (SSSR count). The first kappa shape index (κ1) is 19.6. The van der Waals surface area contributed by atoms with E-state index in [1.54, 1.807) is 19.1 Å². The summed E-state index contributed by atoms with van der Waals surface area (Å²) in [5, 5.41) is 9.39. The molecule has 0 bridgehead atoms. The van der Waals surface area contributed by atoms with Gasteiger partial charge in [-0.2, -0.15) is 0 Å². The predicted molar refractivity (Wildman–Crippen MR) is 102 cm³/mol. The van der Waals surface area contributed by atoms with Crippen molar-refractivity contribution in [2.24, 2.45) is 0 Å². The van der Waals surface area contributed by atoms with E-state index in [0.29, 0.717) is 38.9 Å². The molecule has 2 aliphatic rings. The fourth-order valence-electron chi connectivity index (χ4n) is 4.16. The summed E-state index contributed by atoms with van der Waals surface area (Å²) < 4.78 is 5.18. The highest BCUT2D eigenvalue weighted by molar-refractivity contribution is 6.06. The first-order valence-electron chi connectivity index (χ1n) is 9.50. The quantitative estimate of drug-likeness (QED) is 0.760. The second-order valence-electron chi connectivity index (χ2n) is 7.50. The number of ether oxygens (including phenoxy) is 1. The van der Waals surface area contributed by atoms with E-state index in [0.717, 1.165) is 11.3 Å². The third-order valence-electron chi connectivity index (χ3n) is 6.03. The number of rotatable bonds is 6. The van der Waals surface area contributed by atoms with Crippen LogP contribution in [0.2, 0.25) is 0 Å². The number of hydrogen-bond acceptors (Lipinski definition) is 5. The molecule has 1 atom stereocenters. The number of urea groups is 1. The maximum atomic E-state index is 12.9. The van der Waals surface area contributed by atoms with Crippen molar-refractivity contribution in [2.45, 2.75) is 37.8 Å². The molecule has 7 nitrogen and oxygen atoms in total. The van der Waals surface area contributed by atoms with E-state index >= 15 is 0 Å². The summed E-state index contributed by atoms with van der Waals surface area (Å²) in [7, 11) is 3.20. The second-order valence-corrected chi connectivity index (χ2v) is 7.50. The molecule has 2 fully saturated rings. The molecule has 1 spiro atoms. The van der Waals surface area contributed by atoms with Gasteiger partial charge in [0.1, 0.15) is 11.3 Å². The predicted octanol–water partition coefficient (Wildman–Crippen LogP) is 1.35. The van der Waals surface area contributed by atoms with Gasteiger partial charge in [0.05, 0.1) is 13.7 Å². The smallest absolute Gasteiger partial charge is 0.327 e. The van der Waals surface area contributed by atoms with Crippen molar-refractivity contribution in [3.63, 3.8) is 0 Å². The van der Waals surface area contributed by atoms with Gasteiger partial charge in [0, 0.05) is 32.7 Å². The van der Waals surface area contributed by atoms with Crippen LogP contribution in [0, 0.1) is 0 Å². The molecule has 2 saturated heterocycles. The van der Waals surface area contributed by atoms with E-state index in [1.165, 1.54) is 4.90 Å². The van der Waals surface area contributed by atoms with Gasteiger partial charge in [-0.15, -0.1) is 0 Å². The number of nitrogens with zero attached hydrogens (tertiary/aromatic N) is 3. The Morgan fingerprint density at radius 3 is 2.37 bits per heavy atom. The van der Waals surface area contributed by atoms with Crippen LogP contribution in [0.1, 0.15) is 25.3 Å². The van der Waals surface area contributed by atoms with Gasteiger partial charge in [0.2, 0.25) is 0 Å². The number of aliphatic hydroxyl groups is 1. The number of piperidine rings is 1. The van der Waals surface area contributed by atoms with E-state index in [-0.39, 0.29) is 24.6 Å². The number of benzene rings is 1. The Morgan fingerprint density at radius 1 is 1.19 bits per heavy atom. The summed E-state index contributed by atoms with van der Waals surface area (Å²) in [6, 6.07) is 7.65. The van der Waals surface area contributed by atoms with Crippen LogP contribution < -0.4 is 4.74 Å². The van der Waals surface area contributed by atoms with Gasteiger partial charge in [0.25, 0.3) is 5.91 Å². The van der Waals surface area contributed by atoms with E-state index in [4.69, 9.17) is 4.74 Å². The van der Waals surface area contributed by atoms with Crippen LogP contribution >= 0.6 is 0 Å². The van der Waals surface area contributed by atoms with Crippen molar-refractivity contribution >= 4 is 11.9 Å². The van der Waals surface area contributed by atoms with Crippen LogP contribution in [0.5, 0.6) is 5.75 Å². The van der Waals surface area contributed by atoms with Crippen LogP contribution in [0.3, 0.4) is 0 Å². The molecule has 3 amide bonds. The molecule has 2 heterocycles. The molecule has 0 aromatic heterocycles. The van der Waals surface area contributed by atoms with E-state index < -0.39 is 5.54 Å². The molecular weight excluding hydrogens is 346 g/mol. The van der Waals surface area contributed by atoms with Crippen LogP contribution in [0.15, 0.2) is 24.3 Å². The minimum Gasteiger partial charge on any atom is -0.497 e. The van der Waals surface area contributed by atoms with E-state index in [1.807, 2.05) is 31.2 Å². The van der Waals surface area contributed by atoms with Crippen LogP contribution in [-0.4, -0.2) is 83.7 Å². The summed E-state index contributed by atoms with van der Waals surface area (Å²) in [6.07, 6.45) is 1.90. The van der Waals surface area contributed by atoms with Crippen LogP contribution in [0.25, 0.3) is 0 Å². The molecule has 148 valence electrons. The zero-order valence-corrected chi connectivity index (χ0v) is 16.4. The Bertz CT molecular complexity index is 683. The zero-order chi connectivity index (χ0) is 19.6. The molecule has 0 aliphatic carbocycles. The Morgan fingerprint density at radius 2 is 1.81 bits per heavy atom. The summed E-state index contributed by atoms with van der Waals surface area (Å²) >= 11 is 0. The van der Waals surface area contributed by atoms with Crippen molar-refractivity contribution in [3.05, 3.63) is 29.8 Å². The number of aliphatic hydroxyl groups excluding tert-OH is 1. The Balaban J connectivity index is 1.73. The van der Waals surface area contributed by atoms with Crippen LogP contribution in [0.4, 0.5) is 4.79 Å². The summed E-state index contributed by atoms with van der Waals surface area (Å²) in [4.78, 5) is 30.9. The summed E-state index contributed by atoms with van der Waals surface area (Å²) in [5.74, 6) is 0.700. The van der Waals surface area contributed by atoms with Crippen molar-refractivity contribution in [2.75, 3.05) is 40.4 Å². The fourth-order valence-corrected chi connectivity index (χ4v) is 4.16. The lowest BCUT2D eigenvalue weighted by atomic mass is 9.85. The SMILES string of the molecule is COc1ccc(CCN2C(=O)N(C)C(=O)C23CCN([C@H](C)CO)CC3)cc1. The standard InChI is InChI=1S/C20H29N3O4/c1-15(14-24)22-12-9-20(10-13-22)18(25)21(2)19(26)23(20)11-8-16-4-6-17(27-3)7-5-16/h4-7,15,24H,8-14H2,1-3H3/t15-/m1/s1. The van der Waals surface area contributed by atoms with Gasteiger partial charge in [-0.05, 0) is 43.9 Å². The highest BCUT2D eigenvalue weighted by Crippen LogP contribution is 2.37. The van der Waals surface area contributed by atoms with Gasteiger partial charge >= 0.3 is 6.03 Å². The lowest BCUT2D eigenvalue weighted by Crippen LogP contribution is -2.58. The van der Waals surface area contributed by atoms with Gasteiger partial charge in [0.15, 0.2) is 0 Å². The van der Waals surface area contributed by atoms with E-state index in [2.05, 4.69) is 4.90 Å². The Kier molecular flexibility index (Phi) is 5.72. The number of carbonyl (C=O) groups excluding carboxylic acids is 2. The minimum absolute atomic E-state index is 0.0695. The number of amides is 3. The first-order chi connectivity index (χ1) is 12.9. The topological polar surface area (TPSA) is 73.3 Å². The van der Waals surface area contributed by atoms with Crippen molar-refractivity contribution in [1.29, 1.82) is 0 Å². The van der Waals surface area contributed by atoms with Gasteiger partial charge in [-0.1, -0.05) is 12.1 Å². The molecule has 27 heavy (non-hydrogen) atoms. The minimum atomic E-state index is -0.746. The highest BCUT2D eigenvalue weighted by Gasteiger charge is 2.56. The zero-order valence-electron chi connectivity index (χ0n) is 16.4. The second kappa shape index (κ2) is 7.86. The van der Waals surface area contributed by atoms with Crippen molar-refractivity contribution in [1.82, 2.24) is 14.7 Å². The number of likely N-dealkylation sites (tertiary alicyclic amines) is 1. The number of carbonyl (C=O) groups is 2. The first-order valence-corrected chi connectivity index (χ1v) is 9.50.